The number of rotatable bonds is 1. The third-order valence-corrected chi connectivity index (χ3v) is 2.55. The number of ether oxygens (including phenoxy) is 1. The molecular formula is C7HBrF3IN2O. The van der Waals surface area contributed by atoms with Crippen LogP contribution in [-0.4, -0.2) is 11.3 Å². The van der Waals surface area contributed by atoms with Crippen LogP contribution in [0.5, 0.6) is 5.88 Å². The molecule has 0 atom stereocenters. The van der Waals surface area contributed by atoms with Gasteiger partial charge in [-0.05, 0) is 44.6 Å². The van der Waals surface area contributed by atoms with Crippen LogP contribution in [0.1, 0.15) is 5.56 Å². The highest BCUT2D eigenvalue weighted by Gasteiger charge is 2.33. The number of pyridine rings is 1. The van der Waals surface area contributed by atoms with Gasteiger partial charge in [-0.3, -0.25) is 0 Å². The van der Waals surface area contributed by atoms with E-state index in [1.54, 1.807) is 28.7 Å². The third-order valence-electron chi connectivity index (χ3n) is 1.23. The Bertz CT molecular complexity index is 429. The molecule has 0 aliphatic rings. The van der Waals surface area contributed by atoms with Gasteiger partial charge in [-0.2, -0.15) is 5.26 Å². The van der Waals surface area contributed by atoms with Crippen LogP contribution in [-0.2, 0) is 0 Å². The maximum Gasteiger partial charge on any atom is 0.574 e. The number of hydrogen-bond acceptors (Lipinski definition) is 3. The minimum Gasteiger partial charge on any atom is -0.387 e. The molecule has 3 nitrogen and oxygen atoms in total. The van der Waals surface area contributed by atoms with Crippen LogP contribution in [0.2, 0.25) is 0 Å². The molecule has 1 heterocycles. The van der Waals surface area contributed by atoms with Gasteiger partial charge in [0.05, 0.1) is 10.0 Å². The molecule has 8 heteroatoms. The van der Waals surface area contributed by atoms with Crippen molar-refractivity contribution in [3.05, 3.63) is 19.8 Å². The Morgan fingerprint density at radius 2 is 2.13 bits per heavy atom. The molecule has 0 aliphatic heterocycles. The summed E-state index contributed by atoms with van der Waals surface area (Å²) in [6.45, 7) is 0. The molecule has 0 aliphatic carbocycles. The van der Waals surface area contributed by atoms with Crippen molar-refractivity contribution in [3.8, 4) is 11.9 Å². The van der Waals surface area contributed by atoms with E-state index in [9.17, 15) is 13.2 Å². The third kappa shape index (κ3) is 3.49. The Kier molecular flexibility index (Phi) is 3.77. The number of halogens is 5. The molecule has 0 bridgehead atoms. The summed E-state index contributed by atoms with van der Waals surface area (Å²) >= 11 is 4.51. The highest BCUT2D eigenvalue weighted by Crippen LogP contribution is 2.31. The summed E-state index contributed by atoms with van der Waals surface area (Å²) < 4.78 is 39.5. The minimum atomic E-state index is -4.83. The van der Waals surface area contributed by atoms with E-state index in [0.717, 1.165) is 0 Å². The Labute approximate surface area is 105 Å². The van der Waals surface area contributed by atoms with E-state index in [0.29, 0.717) is 0 Å². The summed E-state index contributed by atoms with van der Waals surface area (Å²) in [7, 11) is 0. The van der Waals surface area contributed by atoms with E-state index in [1.165, 1.54) is 6.07 Å². The topological polar surface area (TPSA) is 45.9 Å². The second-order valence-corrected chi connectivity index (χ2v) is 4.17. The van der Waals surface area contributed by atoms with Crippen molar-refractivity contribution in [1.82, 2.24) is 4.98 Å². The zero-order valence-corrected chi connectivity index (χ0v) is 10.5. The fraction of sp³-hybridized carbons (Fsp3) is 0.143. The first-order valence-electron chi connectivity index (χ1n) is 3.35. The fourth-order valence-electron chi connectivity index (χ4n) is 0.735. The van der Waals surface area contributed by atoms with Crippen molar-refractivity contribution < 1.29 is 17.9 Å². The van der Waals surface area contributed by atoms with E-state index in [1.807, 2.05) is 0 Å². The normalized spacial score (nSPS) is 10.9. The summed E-state index contributed by atoms with van der Waals surface area (Å²) in [4.78, 5) is 3.51. The van der Waals surface area contributed by atoms with Crippen LogP contribution in [0.3, 0.4) is 0 Å². The molecule has 1 aromatic heterocycles. The van der Waals surface area contributed by atoms with Gasteiger partial charge in [-0.1, -0.05) is 0 Å². The molecule has 0 unspecified atom stereocenters. The van der Waals surface area contributed by atoms with Gasteiger partial charge >= 0.3 is 6.36 Å². The van der Waals surface area contributed by atoms with Crippen LogP contribution < -0.4 is 4.74 Å². The van der Waals surface area contributed by atoms with Gasteiger partial charge in [0.15, 0.2) is 0 Å². The number of aromatic nitrogens is 1. The number of hydrogen-bond donors (Lipinski definition) is 0. The van der Waals surface area contributed by atoms with Crippen molar-refractivity contribution in [1.29, 1.82) is 5.26 Å². The first kappa shape index (κ1) is 12.5. The molecule has 0 N–H and O–H groups in total. The minimum absolute atomic E-state index is 0.0358. The zero-order valence-electron chi connectivity index (χ0n) is 6.77. The maximum absolute atomic E-state index is 11.9. The molecule has 0 radical (unpaired) electrons. The van der Waals surface area contributed by atoms with Crippen LogP contribution in [0.25, 0.3) is 0 Å². The largest absolute Gasteiger partial charge is 0.574 e. The first-order chi connectivity index (χ1) is 6.83. The van der Waals surface area contributed by atoms with E-state index in [2.05, 4.69) is 25.7 Å². The van der Waals surface area contributed by atoms with Gasteiger partial charge in [-0.15, -0.1) is 13.2 Å². The molecule has 0 aromatic carbocycles. The smallest absolute Gasteiger partial charge is 0.387 e. The lowest BCUT2D eigenvalue weighted by atomic mass is 10.3. The number of nitrogens with zero attached hydrogens (tertiary/aromatic N) is 2. The van der Waals surface area contributed by atoms with E-state index < -0.39 is 12.2 Å². The average Bonchev–Trinajstić information content (AvgIpc) is 2.08. The molecular weight excluding hydrogens is 392 g/mol. The number of nitriles is 1. The van der Waals surface area contributed by atoms with Gasteiger partial charge in [0.25, 0.3) is 0 Å². The SMILES string of the molecule is N#Cc1cc(I)nc(OC(F)(F)F)c1Br. The van der Waals surface area contributed by atoms with Gasteiger partial charge < -0.3 is 4.74 Å². The Morgan fingerprint density at radius 3 is 2.60 bits per heavy atom. The first-order valence-corrected chi connectivity index (χ1v) is 5.22. The van der Waals surface area contributed by atoms with E-state index >= 15 is 0 Å². The predicted octanol–water partition coefficient (Wildman–Crippen LogP) is 3.22. The fourth-order valence-corrected chi connectivity index (χ4v) is 1.64. The van der Waals surface area contributed by atoms with Crippen LogP contribution in [0.4, 0.5) is 13.2 Å². The standard InChI is InChI=1S/C7HBrF3IN2O/c8-5-3(2-13)1-4(12)14-6(5)15-7(9,10)11/h1H. The van der Waals surface area contributed by atoms with Crippen molar-refractivity contribution in [2.45, 2.75) is 6.36 Å². The van der Waals surface area contributed by atoms with Crippen LogP contribution >= 0.6 is 38.5 Å². The monoisotopic (exact) mass is 392 g/mol. The second-order valence-electron chi connectivity index (χ2n) is 2.27. The average molecular weight is 393 g/mol. The van der Waals surface area contributed by atoms with Gasteiger partial charge in [0.1, 0.15) is 9.77 Å². The quantitative estimate of drug-likeness (QED) is 0.544. The molecule has 1 aromatic rings. The summed E-state index contributed by atoms with van der Waals surface area (Å²) in [5.74, 6) is -0.661. The molecule has 0 amide bonds. The van der Waals surface area contributed by atoms with E-state index in [4.69, 9.17) is 5.26 Å². The summed E-state index contributed by atoms with van der Waals surface area (Å²) in [5, 5.41) is 8.62. The molecule has 0 fully saturated rings. The molecule has 15 heavy (non-hydrogen) atoms. The summed E-state index contributed by atoms with van der Waals surface area (Å²) in [6, 6.07) is 3.06. The van der Waals surface area contributed by atoms with Crippen molar-refractivity contribution in [2.75, 3.05) is 0 Å². The molecule has 0 saturated heterocycles. The highest BCUT2D eigenvalue weighted by atomic mass is 127. The predicted molar refractivity (Wildman–Crippen MR) is 56.1 cm³/mol. The lowest BCUT2D eigenvalue weighted by Gasteiger charge is -2.10. The Balaban J connectivity index is 3.20. The second kappa shape index (κ2) is 4.52. The lowest BCUT2D eigenvalue weighted by Crippen LogP contribution is -2.18. The van der Waals surface area contributed by atoms with Gasteiger partial charge in [-0.25, -0.2) is 4.98 Å². The van der Waals surface area contributed by atoms with Crippen LogP contribution in [0, 0.1) is 15.0 Å². The maximum atomic E-state index is 11.9. The summed E-state index contributed by atoms with van der Waals surface area (Å²) in [6.07, 6.45) is -4.83. The van der Waals surface area contributed by atoms with Crippen molar-refractivity contribution >= 4 is 38.5 Å². The Morgan fingerprint density at radius 1 is 1.53 bits per heavy atom. The van der Waals surface area contributed by atoms with Crippen molar-refractivity contribution in [3.63, 3.8) is 0 Å². The highest BCUT2D eigenvalue weighted by molar-refractivity contribution is 14.1. The van der Waals surface area contributed by atoms with E-state index in [-0.39, 0.29) is 13.7 Å². The summed E-state index contributed by atoms with van der Waals surface area (Å²) in [5.41, 5.74) is 0.0358. The molecule has 0 saturated carbocycles. The van der Waals surface area contributed by atoms with Crippen molar-refractivity contribution in [2.24, 2.45) is 0 Å². The van der Waals surface area contributed by atoms with Gasteiger partial charge in [0, 0.05) is 0 Å². The Hall–Kier alpha value is -0.560. The zero-order chi connectivity index (χ0) is 11.6. The van der Waals surface area contributed by atoms with Gasteiger partial charge in [0.2, 0.25) is 5.88 Å². The number of alkyl halides is 3. The molecule has 1 rings (SSSR count). The molecule has 0 spiro atoms. The molecule has 80 valence electrons. The van der Waals surface area contributed by atoms with Crippen LogP contribution in [0.15, 0.2) is 10.5 Å². The lowest BCUT2D eigenvalue weighted by molar-refractivity contribution is -0.276.